The zero-order valence-electron chi connectivity index (χ0n) is 23.4. The number of ether oxygens (including phenoxy) is 2. The van der Waals surface area contributed by atoms with E-state index in [0.717, 1.165) is 23.3 Å². The van der Waals surface area contributed by atoms with E-state index < -0.39 is 42.0 Å². The van der Waals surface area contributed by atoms with Crippen molar-refractivity contribution in [3.8, 4) is 5.75 Å². The van der Waals surface area contributed by atoms with Crippen LogP contribution in [0.2, 0.25) is 0 Å². The van der Waals surface area contributed by atoms with E-state index in [1.807, 2.05) is 42.5 Å². The Labute approximate surface area is 239 Å². The van der Waals surface area contributed by atoms with E-state index in [9.17, 15) is 19.2 Å². The fraction of sp³-hybridized carbons (Fsp3) is 0.467. The number of likely N-dealkylation sites (N-methyl/N-ethyl adjacent to an activating group) is 1. The van der Waals surface area contributed by atoms with Crippen LogP contribution in [0.5, 0.6) is 5.75 Å². The van der Waals surface area contributed by atoms with E-state index in [0.29, 0.717) is 26.2 Å². The van der Waals surface area contributed by atoms with Crippen LogP contribution in [0.3, 0.4) is 0 Å². The minimum atomic E-state index is -0.904. The maximum Gasteiger partial charge on any atom is 0.251 e. The topological polar surface area (TPSA) is 129 Å². The van der Waals surface area contributed by atoms with Crippen LogP contribution in [-0.4, -0.2) is 97.6 Å². The van der Waals surface area contributed by atoms with Crippen molar-refractivity contribution in [3.05, 3.63) is 65.2 Å². The van der Waals surface area contributed by atoms with Gasteiger partial charge in [0.2, 0.25) is 17.7 Å². The molecule has 4 atom stereocenters. The van der Waals surface area contributed by atoms with Crippen LogP contribution >= 0.6 is 0 Å². The van der Waals surface area contributed by atoms with Crippen LogP contribution in [0.15, 0.2) is 48.5 Å². The lowest BCUT2D eigenvalue weighted by Crippen LogP contribution is -2.58. The molecule has 218 valence electrons. The molecule has 5 rings (SSSR count). The predicted molar refractivity (Wildman–Crippen MR) is 150 cm³/mol. The molecule has 2 aromatic rings. The highest BCUT2D eigenvalue weighted by Gasteiger charge is 2.36. The Kier molecular flexibility index (Phi) is 8.84. The Morgan fingerprint density at radius 1 is 0.951 bits per heavy atom. The van der Waals surface area contributed by atoms with Crippen LogP contribution < -0.4 is 20.7 Å². The zero-order chi connectivity index (χ0) is 28.9. The van der Waals surface area contributed by atoms with E-state index in [-0.39, 0.29) is 25.4 Å². The van der Waals surface area contributed by atoms with Gasteiger partial charge in [-0.05, 0) is 29.7 Å². The number of fused-ring (bicyclic) bond motifs is 3. The van der Waals surface area contributed by atoms with Crippen molar-refractivity contribution >= 4 is 23.6 Å². The summed E-state index contributed by atoms with van der Waals surface area (Å²) in [5.74, 6) is -0.752. The number of nitrogens with one attached hydrogen (secondary N) is 3. The average molecular weight is 564 g/mol. The van der Waals surface area contributed by atoms with Crippen LogP contribution in [-0.2, 0) is 43.3 Å². The SMILES string of the molecule is C[C@H]1NC(=O)CN(C)C(=O)[C@@H](Cc2ccccc2)NC(=O)[C@H]2CN(Cc3ccc4c(c3)CCO4)C[C@H](CNC1=O)O2. The summed E-state index contributed by atoms with van der Waals surface area (Å²) in [7, 11) is 1.51. The van der Waals surface area contributed by atoms with Crippen LogP contribution in [0.4, 0.5) is 0 Å². The summed E-state index contributed by atoms with van der Waals surface area (Å²) in [6.45, 7) is 3.59. The second-order valence-corrected chi connectivity index (χ2v) is 11.0. The first kappa shape index (κ1) is 28.6. The third-order valence-corrected chi connectivity index (χ3v) is 7.62. The maximum atomic E-state index is 13.6. The predicted octanol–water partition coefficient (Wildman–Crippen LogP) is 0.0113. The monoisotopic (exact) mass is 563 g/mol. The average Bonchev–Trinajstić information content (AvgIpc) is 3.43. The molecule has 0 radical (unpaired) electrons. The first-order valence-electron chi connectivity index (χ1n) is 14.0. The Bertz CT molecular complexity index is 1290. The molecule has 41 heavy (non-hydrogen) atoms. The summed E-state index contributed by atoms with van der Waals surface area (Å²) in [6.07, 6.45) is -0.209. The van der Waals surface area contributed by atoms with Crippen LogP contribution in [0, 0.1) is 0 Å². The van der Waals surface area contributed by atoms with E-state index in [1.165, 1.54) is 17.5 Å². The summed E-state index contributed by atoms with van der Waals surface area (Å²) in [4.78, 5) is 55.9. The third-order valence-electron chi connectivity index (χ3n) is 7.62. The molecular weight excluding hydrogens is 526 g/mol. The van der Waals surface area contributed by atoms with E-state index in [1.54, 1.807) is 6.92 Å². The Hall–Kier alpha value is -3.96. The van der Waals surface area contributed by atoms with Gasteiger partial charge in [-0.25, -0.2) is 0 Å². The van der Waals surface area contributed by atoms with Crippen molar-refractivity contribution < 1.29 is 28.7 Å². The van der Waals surface area contributed by atoms with Crippen molar-refractivity contribution in [1.29, 1.82) is 0 Å². The van der Waals surface area contributed by atoms with Gasteiger partial charge in [0.25, 0.3) is 5.91 Å². The van der Waals surface area contributed by atoms with Gasteiger partial charge in [0.1, 0.15) is 23.9 Å². The summed E-state index contributed by atoms with van der Waals surface area (Å²) >= 11 is 0. The standard InChI is InChI=1S/C30H37N5O6/c1-19-28(37)31-14-23-16-35(15-21-8-9-25-22(12-21)10-11-40-25)17-26(41-23)29(38)33-24(13-20-6-4-3-5-7-20)30(39)34(2)18-27(36)32-19/h3-9,12,19,23-24,26H,10-11,13-18H2,1-2H3,(H,31,37)(H,32,36)(H,33,38)/t19-,23+,24-,26-/m1/s1. The quantitative estimate of drug-likeness (QED) is 0.478. The number of amides is 4. The lowest BCUT2D eigenvalue weighted by atomic mass is 10.0. The molecule has 11 nitrogen and oxygen atoms in total. The van der Waals surface area contributed by atoms with Gasteiger partial charge in [-0.3, -0.25) is 24.1 Å². The number of nitrogens with zero attached hydrogens (tertiary/aromatic N) is 2. The highest BCUT2D eigenvalue weighted by atomic mass is 16.5. The molecule has 2 saturated heterocycles. The number of rotatable bonds is 4. The zero-order valence-corrected chi connectivity index (χ0v) is 23.4. The largest absolute Gasteiger partial charge is 0.493 e. The van der Waals surface area contributed by atoms with Gasteiger partial charge in [-0.1, -0.05) is 42.5 Å². The molecule has 0 aliphatic carbocycles. The Morgan fingerprint density at radius 2 is 1.76 bits per heavy atom. The van der Waals surface area contributed by atoms with Crippen molar-refractivity contribution in [2.24, 2.45) is 0 Å². The van der Waals surface area contributed by atoms with Gasteiger partial charge in [0, 0.05) is 46.1 Å². The summed E-state index contributed by atoms with van der Waals surface area (Å²) in [5.41, 5.74) is 3.14. The van der Waals surface area contributed by atoms with Crippen molar-refractivity contribution in [1.82, 2.24) is 25.8 Å². The molecule has 3 aliphatic rings. The number of morpholine rings is 1. The third kappa shape index (κ3) is 7.22. The lowest BCUT2D eigenvalue weighted by Gasteiger charge is -2.38. The second kappa shape index (κ2) is 12.7. The molecule has 4 amide bonds. The Balaban J connectivity index is 1.39. The van der Waals surface area contributed by atoms with Gasteiger partial charge in [-0.2, -0.15) is 0 Å². The van der Waals surface area contributed by atoms with Crippen LogP contribution in [0.1, 0.15) is 23.6 Å². The molecular formula is C30H37N5O6. The van der Waals surface area contributed by atoms with Gasteiger partial charge in [0.05, 0.1) is 19.3 Å². The first-order valence-corrected chi connectivity index (χ1v) is 14.0. The van der Waals surface area contributed by atoms with Gasteiger partial charge in [-0.15, -0.1) is 0 Å². The van der Waals surface area contributed by atoms with Gasteiger partial charge < -0.3 is 30.3 Å². The van der Waals surface area contributed by atoms with Crippen molar-refractivity contribution in [2.45, 2.75) is 50.6 Å². The number of hydrogen-bond acceptors (Lipinski definition) is 7. The molecule has 3 aliphatic heterocycles. The minimum absolute atomic E-state index is 0.170. The maximum absolute atomic E-state index is 13.6. The number of benzene rings is 2. The number of carbonyl (C=O) groups is 4. The molecule has 0 saturated carbocycles. The first-order chi connectivity index (χ1) is 19.7. The molecule has 3 heterocycles. The molecule has 3 N–H and O–H groups in total. The molecule has 0 unspecified atom stereocenters. The lowest BCUT2D eigenvalue weighted by molar-refractivity contribution is -0.150. The van der Waals surface area contributed by atoms with E-state index in [4.69, 9.17) is 9.47 Å². The smallest absolute Gasteiger partial charge is 0.251 e. The minimum Gasteiger partial charge on any atom is -0.493 e. The molecule has 2 bridgehead atoms. The molecule has 0 spiro atoms. The molecule has 2 aromatic carbocycles. The second-order valence-electron chi connectivity index (χ2n) is 11.0. The number of hydrogen-bond donors (Lipinski definition) is 3. The van der Waals surface area contributed by atoms with Crippen molar-refractivity contribution in [2.75, 3.05) is 39.8 Å². The highest BCUT2D eigenvalue weighted by molar-refractivity contribution is 5.93. The fourth-order valence-corrected chi connectivity index (χ4v) is 5.49. The summed E-state index contributed by atoms with van der Waals surface area (Å²) < 4.78 is 11.8. The summed E-state index contributed by atoms with van der Waals surface area (Å²) in [5, 5.41) is 8.39. The van der Waals surface area contributed by atoms with Crippen LogP contribution in [0.25, 0.3) is 0 Å². The normalized spacial score (nSPS) is 26.1. The molecule has 11 heteroatoms. The van der Waals surface area contributed by atoms with Gasteiger partial charge in [0.15, 0.2) is 0 Å². The highest BCUT2D eigenvalue weighted by Crippen LogP contribution is 2.27. The molecule has 0 aromatic heterocycles. The van der Waals surface area contributed by atoms with E-state index in [2.05, 4.69) is 26.9 Å². The fourth-order valence-electron chi connectivity index (χ4n) is 5.49. The Morgan fingerprint density at radius 3 is 2.56 bits per heavy atom. The van der Waals surface area contributed by atoms with Crippen molar-refractivity contribution in [3.63, 3.8) is 0 Å². The van der Waals surface area contributed by atoms with E-state index >= 15 is 0 Å². The summed E-state index contributed by atoms with van der Waals surface area (Å²) in [6, 6.07) is 13.8. The van der Waals surface area contributed by atoms with Gasteiger partial charge >= 0.3 is 0 Å². The molecule has 2 fully saturated rings. The number of carbonyl (C=O) groups excluding carboxylic acids is 4.